The smallest absolute Gasteiger partial charge is 0.338 e. The number of β-amino-alcohol motifs (C(OH)–C–C–N with tert-alkyl or cyclic N) is 1. The molecule has 0 amide bonds. The highest BCUT2D eigenvalue weighted by Crippen LogP contribution is 2.38. The number of aliphatic hydroxyl groups excluding tert-OH is 1. The van der Waals surface area contributed by atoms with Crippen LogP contribution in [0.25, 0.3) is 0 Å². The molecule has 7 heteroatoms. The molecule has 0 saturated carbocycles. The largest absolute Gasteiger partial charge is 0.457 e. The van der Waals surface area contributed by atoms with Crippen molar-refractivity contribution >= 4 is 11.9 Å². The molecule has 4 unspecified atom stereocenters. The van der Waals surface area contributed by atoms with Crippen molar-refractivity contribution in [2.45, 2.75) is 65.0 Å². The highest BCUT2D eigenvalue weighted by molar-refractivity contribution is 5.94. The van der Waals surface area contributed by atoms with Gasteiger partial charge in [0.1, 0.15) is 13.2 Å². The number of likely N-dealkylation sites (tertiary alicyclic amines) is 2. The summed E-state index contributed by atoms with van der Waals surface area (Å²) in [4.78, 5) is 28.8. The predicted molar refractivity (Wildman–Crippen MR) is 134 cm³/mol. The third kappa shape index (κ3) is 3.85. The Morgan fingerprint density at radius 2 is 1.64 bits per heavy atom. The van der Waals surface area contributed by atoms with Crippen LogP contribution in [0.2, 0.25) is 0 Å². The number of rotatable bonds is 6. The van der Waals surface area contributed by atoms with Crippen LogP contribution < -0.4 is 0 Å². The molecule has 4 aliphatic rings. The fraction of sp³-hybridized carbons (Fsp3) is 0.517. The molecule has 7 nitrogen and oxygen atoms in total. The molecule has 4 atom stereocenters. The van der Waals surface area contributed by atoms with Gasteiger partial charge in [0.2, 0.25) is 0 Å². The van der Waals surface area contributed by atoms with Crippen LogP contribution in [0, 0.1) is 19.8 Å². The maximum Gasteiger partial charge on any atom is 0.338 e. The Labute approximate surface area is 212 Å². The van der Waals surface area contributed by atoms with Gasteiger partial charge in [0.15, 0.2) is 0 Å². The third-order valence-electron chi connectivity index (χ3n) is 9.04. The third-order valence-corrected chi connectivity index (χ3v) is 9.04. The zero-order valence-electron chi connectivity index (χ0n) is 21.3. The molecule has 4 heterocycles. The second-order valence-electron chi connectivity index (χ2n) is 11.0. The molecular weight excluding hydrogens is 456 g/mol. The zero-order chi connectivity index (χ0) is 25.1. The van der Waals surface area contributed by atoms with Crippen LogP contribution >= 0.6 is 0 Å². The molecule has 2 aromatic rings. The monoisotopic (exact) mass is 490 g/mol. The summed E-state index contributed by atoms with van der Waals surface area (Å²) < 4.78 is 10.4. The summed E-state index contributed by atoms with van der Waals surface area (Å²) in [5.41, 5.74) is 7.64. The standard InChI is InChI=1S/C29H34N2O5/c1-16-10-20-11-30(9-8-19-4-5-22-24(17(19)2)14-35-28(22)33)12-26(20)31(16)13-27(32)21-6-7-23-25(18(21)3)15-36-29(23)34/h4-7,16,20,26-27,32H,8-15H2,1-3H3. The minimum atomic E-state index is -0.597. The molecule has 0 radical (unpaired) electrons. The van der Waals surface area contributed by atoms with Crippen molar-refractivity contribution in [3.63, 3.8) is 0 Å². The van der Waals surface area contributed by atoms with E-state index in [2.05, 4.69) is 29.7 Å². The van der Waals surface area contributed by atoms with Crippen molar-refractivity contribution in [3.05, 3.63) is 68.8 Å². The summed E-state index contributed by atoms with van der Waals surface area (Å²) in [5, 5.41) is 11.2. The van der Waals surface area contributed by atoms with Crippen LogP contribution in [0.1, 0.15) is 73.5 Å². The van der Waals surface area contributed by atoms with Gasteiger partial charge >= 0.3 is 11.9 Å². The first kappa shape index (κ1) is 23.6. The Morgan fingerprint density at radius 1 is 0.972 bits per heavy atom. The predicted octanol–water partition coefficient (Wildman–Crippen LogP) is 3.31. The van der Waals surface area contributed by atoms with E-state index >= 15 is 0 Å². The Morgan fingerprint density at radius 3 is 2.36 bits per heavy atom. The fourth-order valence-electron chi connectivity index (χ4n) is 6.92. The lowest BCUT2D eigenvalue weighted by Gasteiger charge is -2.31. The van der Waals surface area contributed by atoms with Gasteiger partial charge in [-0.05, 0) is 73.9 Å². The van der Waals surface area contributed by atoms with Gasteiger partial charge in [-0.1, -0.05) is 12.1 Å². The van der Waals surface area contributed by atoms with E-state index in [1.807, 2.05) is 19.1 Å². The average molecular weight is 491 g/mol. The number of nitrogens with zero attached hydrogens (tertiary/aromatic N) is 2. The van der Waals surface area contributed by atoms with Crippen LogP contribution in [-0.2, 0) is 29.1 Å². The number of hydrogen-bond acceptors (Lipinski definition) is 7. The minimum absolute atomic E-state index is 0.208. The number of ether oxygens (including phenoxy) is 2. The Kier molecular flexibility index (Phi) is 5.90. The van der Waals surface area contributed by atoms with E-state index in [9.17, 15) is 14.7 Å². The highest BCUT2D eigenvalue weighted by Gasteiger charge is 2.45. The van der Waals surface area contributed by atoms with Gasteiger partial charge in [-0.3, -0.25) is 4.90 Å². The molecule has 0 spiro atoms. The highest BCUT2D eigenvalue weighted by atomic mass is 16.5. The fourth-order valence-corrected chi connectivity index (χ4v) is 6.92. The van der Waals surface area contributed by atoms with Gasteiger partial charge in [-0.25, -0.2) is 9.59 Å². The summed E-state index contributed by atoms with van der Waals surface area (Å²) in [6.07, 6.45) is 1.51. The first-order chi connectivity index (χ1) is 17.3. The lowest BCUT2D eigenvalue weighted by atomic mass is 9.95. The summed E-state index contributed by atoms with van der Waals surface area (Å²) in [7, 11) is 0. The molecular formula is C29H34N2O5. The Bertz CT molecular complexity index is 1240. The molecule has 0 aromatic heterocycles. The number of hydrogen-bond donors (Lipinski definition) is 1. The van der Waals surface area contributed by atoms with Crippen molar-refractivity contribution in [1.29, 1.82) is 0 Å². The van der Waals surface area contributed by atoms with E-state index in [4.69, 9.17) is 9.47 Å². The van der Waals surface area contributed by atoms with Crippen molar-refractivity contribution in [2.24, 2.45) is 5.92 Å². The van der Waals surface area contributed by atoms with Gasteiger partial charge < -0.3 is 19.5 Å². The minimum Gasteiger partial charge on any atom is -0.457 e. The Balaban J connectivity index is 1.10. The molecule has 2 saturated heterocycles. The SMILES string of the molecule is Cc1c(CCN2CC3CC(C)N(CC(O)c4ccc5c(c4C)COC5=O)C3C2)ccc2c1COC2=O. The number of benzene rings is 2. The first-order valence-electron chi connectivity index (χ1n) is 13.1. The Hall–Kier alpha value is -2.74. The van der Waals surface area contributed by atoms with E-state index in [1.54, 1.807) is 6.07 Å². The summed E-state index contributed by atoms with van der Waals surface area (Å²) in [6, 6.07) is 8.57. The van der Waals surface area contributed by atoms with Gasteiger partial charge in [-0.2, -0.15) is 0 Å². The van der Waals surface area contributed by atoms with E-state index in [0.717, 1.165) is 54.7 Å². The molecule has 190 valence electrons. The molecule has 2 aromatic carbocycles. The molecule has 1 N–H and O–H groups in total. The van der Waals surface area contributed by atoms with Gasteiger partial charge in [0.25, 0.3) is 0 Å². The van der Waals surface area contributed by atoms with Crippen molar-refractivity contribution in [2.75, 3.05) is 26.2 Å². The molecule has 4 aliphatic heterocycles. The van der Waals surface area contributed by atoms with Crippen LogP contribution in [-0.4, -0.2) is 65.1 Å². The number of cyclic esters (lactones) is 2. The van der Waals surface area contributed by atoms with Crippen molar-refractivity contribution in [3.8, 4) is 0 Å². The van der Waals surface area contributed by atoms with E-state index in [1.165, 1.54) is 11.1 Å². The number of carbonyl (C=O) groups excluding carboxylic acids is 2. The first-order valence-corrected chi connectivity index (χ1v) is 13.1. The van der Waals surface area contributed by atoms with E-state index < -0.39 is 6.10 Å². The van der Waals surface area contributed by atoms with Gasteiger partial charge in [-0.15, -0.1) is 0 Å². The number of fused-ring (bicyclic) bond motifs is 3. The lowest BCUT2D eigenvalue weighted by Crippen LogP contribution is -2.41. The van der Waals surface area contributed by atoms with E-state index in [-0.39, 0.29) is 11.9 Å². The zero-order valence-corrected chi connectivity index (χ0v) is 21.3. The summed E-state index contributed by atoms with van der Waals surface area (Å²) in [6.45, 7) is 10.7. The molecule has 2 fully saturated rings. The number of aliphatic hydroxyl groups is 1. The average Bonchev–Trinajstić information content (AvgIpc) is 3.60. The maximum absolute atomic E-state index is 11.9. The summed E-state index contributed by atoms with van der Waals surface area (Å²) in [5.74, 6) is 0.139. The van der Waals surface area contributed by atoms with Crippen LogP contribution in [0.4, 0.5) is 0 Å². The van der Waals surface area contributed by atoms with Crippen LogP contribution in [0.3, 0.4) is 0 Å². The second kappa shape index (κ2) is 8.98. The second-order valence-corrected chi connectivity index (χ2v) is 11.0. The molecule has 0 aliphatic carbocycles. The van der Waals surface area contributed by atoms with E-state index in [0.29, 0.717) is 48.9 Å². The van der Waals surface area contributed by atoms with Crippen molar-refractivity contribution in [1.82, 2.24) is 9.80 Å². The quantitative estimate of drug-likeness (QED) is 0.623. The summed E-state index contributed by atoms with van der Waals surface area (Å²) >= 11 is 0. The number of carbonyl (C=O) groups is 2. The topological polar surface area (TPSA) is 79.3 Å². The number of esters is 2. The maximum atomic E-state index is 11.9. The van der Waals surface area contributed by atoms with Crippen LogP contribution in [0.5, 0.6) is 0 Å². The lowest BCUT2D eigenvalue weighted by molar-refractivity contribution is 0.0525. The molecule has 6 rings (SSSR count). The van der Waals surface area contributed by atoms with Gasteiger partial charge in [0, 0.05) is 49.4 Å². The van der Waals surface area contributed by atoms with Crippen LogP contribution in [0.15, 0.2) is 24.3 Å². The molecule has 0 bridgehead atoms. The van der Waals surface area contributed by atoms with Crippen molar-refractivity contribution < 1.29 is 24.2 Å². The van der Waals surface area contributed by atoms with Gasteiger partial charge in [0.05, 0.1) is 17.2 Å². The molecule has 36 heavy (non-hydrogen) atoms. The normalized spacial score (nSPS) is 26.1.